The number of aliphatic hydroxyl groups is 1. The third kappa shape index (κ3) is 5.88. The molecule has 14 nitrogen and oxygen atoms in total. The van der Waals surface area contributed by atoms with E-state index >= 15 is 0 Å². The summed E-state index contributed by atoms with van der Waals surface area (Å²) >= 11 is 0. The molecule has 0 radical (unpaired) electrons. The normalized spacial score (nSPS) is 15.9. The van der Waals surface area contributed by atoms with Crippen LogP contribution in [0.1, 0.15) is 24.8 Å². The van der Waals surface area contributed by atoms with E-state index in [0.29, 0.717) is 48.5 Å². The molecule has 1 fully saturated rings. The zero-order valence-corrected chi connectivity index (χ0v) is 21.3. The van der Waals surface area contributed by atoms with Gasteiger partial charge in [-0.2, -0.15) is 4.98 Å². The maximum Gasteiger partial charge on any atom is 0.255 e. The van der Waals surface area contributed by atoms with E-state index in [1.807, 2.05) is 0 Å². The number of fused-ring (bicyclic) bond motifs is 1. The molecule has 0 aromatic carbocycles. The Morgan fingerprint density at radius 3 is 2.58 bits per heavy atom. The fraction of sp³-hybridized carbons (Fsp3) is 0.550. The average molecular weight is 541 g/mol. The van der Waals surface area contributed by atoms with Crippen LogP contribution in [0.2, 0.25) is 0 Å². The lowest BCUT2D eigenvalue weighted by Gasteiger charge is -2.30. The van der Waals surface area contributed by atoms with Crippen molar-refractivity contribution < 1.29 is 21.9 Å². The van der Waals surface area contributed by atoms with E-state index in [-0.39, 0.29) is 43.3 Å². The third-order valence-electron chi connectivity index (χ3n) is 6.01. The first-order valence-electron chi connectivity index (χ1n) is 11.4. The lowest BCUT2D eigenvalue weighted by atomic mass is 10.1. The first kappa shape index (κ1) is 26.1. The molecule has 1 aliphatic heterocycles. The van der Waals surface area contributed by atoms with Gasteiger partial charge in [-0.15, -0.1) is 9.19 Å². The third-order valence-corrected chi connectivity index (χ3v) is 8.87. The van der Waals surface area contributed by atoms with Crippen LogP contribution in [0.5, 0.6) is 0 Å². The summed E-state index contributed by atoms with van der Waals surface area (Å²) in [4.78, 5) is 25.7. The van der Waals surface area contributed by atoms with Crippen LogP contribution >= 0.6 is 0 Å². The van der Waals surface area contributed by atoms with Crippen molar-refractivity contribution >= 4 is 37.0 Å². The van der Waals surface area contributed by atoms with Crippen LogP contribution in [0, 0.1) is 0 Å². The van der Waals surface area contributed by atoms with Crippen LogP contribution in [0.25, 0.3) is 11.0 Å². The molecule has 0 saturated carbocycles. The van der Waals surface area contributed by atoms with Crippen molar-refractivity contribution in [1.82, 2.24) is 33.0 Å². The highest BCUT2D eigenvalue weighted by Crippen LogP contribution is 2.19. The van der Waals surface area contributed by atoms with Gasteiger partial charge in [0.25, 0.3) is 15.6 Å². The summed E-state index contributed by atoms with van der Waals surface area (Å²) in [5, 5.41) is 16.8. The molecule has 0 aliphatic carbocycles. The molecule has 2 N–H and O–H groups in total. The van der Waals surface area contributed by atoms with Crippen molar-refractivity contribution in [2.75, 3.05) is 37.0 Å². The molecule has 196 valence electrons. The number of sulfonamides is 1. The minimum absolute atomic E-state index is 0.0397. The Morgan fingerprint density at radius 2 is 1.94 bits per heavy atom. The molecule has 0 atom stereocenters. The Kier molecular flexibility index (Phi) is 7.67. The van der Waals surface area contributed by atoms with Crippen LogP contribution in [0.15, 0.2) is 29.7 Å². The number of anilines is 1. The fourth-order valence-corrected chi connectivity index (χ4v) is 6.09. The van der Waals surface area contributed by atoms with Crippen LogP contribution in [0.3, 0.4) is 0 Å². The Morgan fingerprint density at radius 1 is 1.19 bits per heavy atom. The monoisotopic (exact) mass is 540 g/mol. The topological polar surface area (TPSA) is 182 Å². The van der Waals surface area contributed by atoms with E-state index in [2.05, 4.69) is 25.4 Å². The number of hydrogen-bond donors (Lipinski definition) is 2. The number of hydrogen-bond acceptors (Lipinski definition) is 11. The second-order valence-electron chi connectivity index (χ2n) is 8.59. The number of nitrogens with one attached hydrogen (secondary N) is 1. The smallest absolute Gasteiger partial charge is 0.255 e. The summed E-state index contributed by atoms with van der Waals surface area (Å²) in [6.07, 6.45) is 6.41. The predicted octanol–water partition coefficient (Wildman–Crippen LogP) is -0.978. The van der Waals surface area contributed by atoms with Gasteiger partial charge < -0.3 is 10.4 Å². The van der Waals surface area contributed by atoms with E-state index in [9.17, 15) is 26.7 Å². The zero-order chi connectivity index (χ0) is 25.9. The molecule has 36 heavy (non-hydrogen) atoms. The maximum absolute atomic E-state index is 13.1. The summed E-state index contributed by atoms with van der Waals surface area (Å²) in [6, 6.07) is 1.59. The molecule has 0 spiro atoms. The first-order valence-corrected chi connectivity index (χ1v) is 14.8. The summed E-state index contributed by atoms with van der Waals surface area (Å²) in [6.45, 7) is 0.638. The predicted molar refractivity (Wildman–Crippen MR) is 131 cm³/mol. The van der Waals surface area contributed by atoms with Gasteiger partial charge in [0.1, 0.15) is 18.3 Å². The van der Waals surface area contributed by atoms with Crippen LogP contribution in [-0.4, -0.2) is 92.7 Å². The van der Waals surface area contributed by atoms with Crippen molar-refractivity contribution in [3.63, 3.8) is 0 Å². The van der Waals surface area contributed by atoms with E-state index in [4.69, 9.17) is 0 Å². The molecule has 3 aromatic heterocycles. The number of piperidine rings is 1. The molecular formula is C20H28N8O6S2. The number of aliphatic hydroxyl groups excluding tert-OH is 1. The van der Waals surface area contributed by atoms with Gasteiger partial charge >= 0.3 is 0 Å². The van der Waals surface area contributed by atoms with Crippen molar-refractivity contribution in [2.45, 2.75) is 38.3 Å². The molecule has 1 aliphatic rings. The lowest BCUT2D eigenvalue weighted by Crippen LogP contribution is -2.42. The summed E-state index contributed by atoms with van der Waals surface area (Å²) in [5.74, 6) is 0.0301. The van der Waals surface area contributed by atoms with Gasteiger partial charge in [0.2, 0.25) is 16.0 Å². The van der Waals surface area contributed by atoms with Crippen LogP contribution < -0.4 is 10.9 Å². The van der Waals surface area contributed by atoms with E-state index in [1.54, 1.807) is 12.3 Å². The minimum atomic E-state index is -3.72. The van der Waals surface area contributed by atoms with Crippen molar-refractivity contribution in [3.05, 3.63) is 40.8 Å². The standard InChI is InChI=1S/C20H28N8O6S2/c1-35(31,32)26-7-3-17(4-8-26)24-20-22-12-16-11-15(5-9-29)19(30)27(18(16)25-20)6-2-10-36(33,34)28-14-21-13-23-28/h11-14,17,29H,2-10H2,1H3,(H,22,24,25). The second kappa shape index (κ2) is 10.6. The molecule has 0 bridgehead atoms. The molecule has 4 heterocycles. The Bertz CT molecular complexity index is 1480. The zero-order valence-electron chi connectivity index (χ0n) is 19.7. The van der Waals surface area contributed by atoms with E-state index in [0.717, 1.165) is 16.7 Å². The molecule has 3 aromatic rings. The lowest BCUT2D eigenvalue weighted by molar-refractivity contribution is 0.299. The average Bonchev–Trinajstić information content (AvgIpc) is 3.38. The van der Waals surface area contributed by atoms with Gasteiger partial charge in [-0.25, -0.2) is 31.1 Å². The minimum Gasteiger partial charge on any atom is -0.396 e. The van der Waals surface area contributed by atoms with Crippen molar-refractivity contribution in [1.29, 1.82) is 0 Å². The first-order chi connectivity index (χ1) is 17.1. The van der Waals surface area contributed by atoms with Crippen LogP contribution in [-0.2, 0) is 33.0 Å². The fourth-order valence-electron chi connectivity index (χ4n) is 4.15. The molecule has 1 saturated heterocycles. The molecule has 16 heteroatoms. The van der Waals surface area contributed by atoms with Gasteiger partial charge in [-0.1, -0.05) is 0 Å². The summed E-state index contributed by atoms with van der Waals surface area (Å²) in [7, 11) is -6.96. The molecular weight excluding hydrogens is 512 g/mol. The molecule has 0 unspecified atom stereocenters. The highest BCUT2D eigenvalue weighted by atomic mass is 32.2. The van der Waals surface area contributed by atoms with E-state index < -0.39 is 20.0 Å². The second-order valence-corrected chi connectivity index (χ2v) is 12.5. The number of aryl methyl sites for hydroxylation is 1. The van der Waals surface area contributed by atoms with Gasteiger partial charge in [0.15, 0.2) is 0 Å². The highest BCUT2D eigenvalue weighted by molar-refractivity contribution is 7.89. The maximum atomic E-state index is 13.1. The van der Waals surface area contributed by atoms with Crippen LogP contribution in [0.4, 0.5) is 5.95 Å². The molecule has 0 amide bonds. The Balaban J connectivity index is 1.56. The number of aromatic nitrogens is 6. The van der Waals surface area contributed by atoms with Gasteiger partial charge in [0, 0.05) is 55.9 Å². The van der Waals surface area contributed by atoms with Gasteiger partial charge in [-0.05, 0) is 25.3 Å². The summed E-state index contributed by atoms with van der Waals surface area (Å²) < 4.78 is 52.0. The van der Waals surface area contributed by atoms with Gasteiger partial charge in [-0.3, -0.25) is 9.36 Å². The Labute approximate surface area is 208 Å². The van der Waals surface area contributed by atoms with Crippen molar-refractivity contribution in [3.8, 4) is 0 Å². The quantitative estimate of drug-likeness (QED) is 0.322. The van der Waals surface area contributed by atoms with E-state index in [1.165, 1.54) is 15.1 Å². The highest BCUT2D eigenvalue weighted by Gasteiger charge is 2.25. The Hall–Kier alpha value is -2.95. The number of pyridine rings is 1. The molecule has 4 rings (SSSR count). The number of nitrogens with zero attached hydrogens (tertiary/aromatic N) is 7. The largest absolute Gasteiger partial charge is 0.396 e. The number of rotatable bonds is 10. The SMILES string of the molecule is CS(=O)(=O)N1CCC(Nc2ncc3cc(CCO)c(=O)n(CCCS(=O)(=O)n4cncn4)c3n2)CC1. The summed E-state index contributed by atoms with van der Waals surface area (Å²) in [5.41, 5.74) is 0.355. The van der Waals surface area contributed by atoms with Crippen molar-refractivity contribution in [2.24, 2.45) is 0 Å². The van der Waals surface area contributed by atoms with Gasteiger partial charge in [0.05, 0.1) is 12.0 Å².